The summed E-state index contributed by atoms with van der Waals surface area (Å²) < 4.78 is 4.28. The Balaban J connectivity index is 0.00000218. The fourth-order valence-electron chi connectivity index (χ4n) is 10.6. The van der Waals surface area contributed by atoms with E-state index in [1.807, 2.05) is 0 Å². The van der Waals surface area contributed by atoms with Crippen LogP contribution in [0.25, 0.3) is 56.0 Å². The van der Waals surface area contributed by atoms with Crippen molar-refractivity contribution in [3.05, 3.63) is 152 Å². The first-order valence-corrected chi connectivity index (χ1v) is 25.7. The van der Waals surface area contributed by atoms with E-state index in [0.717, 1.165) is 12.8 Å². The molecule has 9 rings (SSSR count). The van der Waals surface area contributed by atoms with Crippen LogP contribution in [0.1, 0.15) is 89.6 Å². The largest absolute Gasteiger partial charge is 1.00 e. The van der Waals surface area contributed by atoms with Gasteiger partial charge in [0, 0.05) is 0 Å². The number of rotatable bonds is 6. The summed E-state index contributed by atoms with van der Waals surface area (Å²) in [4.78, 5) is 0. The van der Waals surface area contributed by atoms with Gasteiger partial charge in [-0.15, -0.1) is 0 Å². The van der Waals surface area contributed by atoms with Crippen molar-refractivity contribution in [2.45, 2.75) is 83.7 Å². The number of fused-ring (bicyclic) bond motifs is 4. The van der Waals surface area contributed by atoms with Crippen molar-refractivity contribution in [2.24, 2.45) is 0 Å². The van der Waals surface area contributed by atoms with Crippen LogP contribution in [0.15, 0.2) is 96.1 Å². The molecule has 6 aromatic rings. The zero-order chi connectivity index (χ0) is 35.3. The smallest absolute Gasteiger partial charge is 1.00 e. The molecule has 2 atom stereocenters. The summed E-state index contributed by atoms with van der Waals surface area (Å²) in [5, 5.41) is 5.30. The molecule has 6 aromatic carbocycles. The predicted octanol–water partition coefficient (Wildman–Crippen LogP) is 8.59. The van der Waals surface area contributed by atoms with Gasteiger partial charge in [-0.1, -0.05) is 0 Å². The van der Waals surface area contributed by atoms with E-state index in [1.165, 1.54) is 74.3 Å². The van der Waals surface area contributed by atoms with E-state index in [1.54, 1.807) is 44.5 Å². The molecule has 0 radical (unpaired) electrons. The van der Waals surface area contributed by atoms with Gasteiger partial charge in [0.25, 0.3) is 0 Å². The topological polar surface area (TPSA) is 0 Å². The van der Waals surface area contributed by atoms with E-state index in [0.29, 0.717) is 7.25 Å². The Hall–Kier alpha value is -3.22. The van der Waals surface area contributed by atoms with Crippen molar-refractivity contribution in [2.75, 3.05) is 0 Å². The van der Waals surface area contributed by atoms with Gasteiger partial charge in [-0.3, -0.25) is 0 Å². The Morgan fingerprint density at radius 2 is 0.849 bits per heavy atom. The van der Waals surface area contributed by atoms with Crippen molar-refractivity contribution in [1.82, 2.24) is 0 Å². The first-order valence-electron chi connectivity index (χ1n) is 19.3. The monoisotopic (exact) mass is 810 g/mol. The Bertz CT molecular complexity index is 2360. The number of hydrogen-bond donors (Lipinski definition) is 0. The van der Waals surface area contributed by atoms with Crippen LogP contribution in [0, 0.1) is 41.5 Å². The summed E-state index contributed by atoms with van der Waals surface area (Å²) in [7, 11) is 0. The van der Waals surface area contributed by atoms with Gasteiger partial charge in [0.15, 0.2) is 0 Å². The predicted molar refractivity (Wildman–Crippen MR) is 219 cm³/mol. The number of halogens is 2. The maximum Gasteiger partial charge on any atom is -1.00 e. The summed E-state index contributed by atoms with van der Waals surface area (Å²) in [6.07, 6.45) is 7.68. The van der Waals surface area contributed by atoms with Gasteiger partial charge in [0.2, 0.25) is 0 Å². The summed E-state index contributed by atoms with van der Waals surface area (Å²) in [6, 6.07) is 32.0. The molecule has 0 nitrogen and oxygen atoms in total. The van der Waals surface area contributed by atoms with Crippen molar-refractivity contribution >= 4 is 33.7 Å². The molecule has 0 N–H and O–H groups in total. The Morgan fingerprint density at radius 1 is 0.472 bits per heavy atom. The van der Waals surface area contributed by atoms with Gasteiger partial charge in [-0.25, -0.2) is 0 Å². The normalized spacial score (nSPS) is 17.3. The average Bonchev–Trinajstić information content (AvgIpc) is 3.70. The second-order valence-electron chi connectivity index (χ2n) is 16.0. The number of allylic oxidation sites excluding steroid dienone is 2. The van der Waals surface area contributed by atoms with Gasteiger partial charge >= 0.3 is 312 Å². The third kappa shape index (κ3) is 5.62. The summed E-state index contributed by atoms with van der Waals surface area (Å²) >= 11 is -2.93. The number of benzene rings is 6. The van der Waals surface area contributed by atoms with Crippen molar-refractivity contribution in [1.29, 1.82) is 0 Å². The summed E-state index contributed by atoms with van der Waals surface area (Å²) in [5.41, 5.74) is 24.7. The van der Waals surface area contributed by atoms with Gasteiger partial charge < -0.3 is 24.8 Å². The molecule has 0 spiro atoms. The summed E-state index contributed by atoms with van der Waals surface area (Å²) in [6.45, 7) is 19.4. The van der Waals surface area contributed by atoms with Gasteiger partial charge in [-0.2, -0.15) is 0 Å². The molecular formula is C50H50Cl2Zr. The second-order valence-corrected chi connectivity index (χ2v) is 27.4. The van der Waals surface area contributed by atoms with Crippen LogP contribution in [0.4, 0.5) is 0 Å². The summed E-state index contributed by atoms with van der Waals surface area (Å²) in [5.74, 6) is 0. The maximum atomic E-state index is 2.69. The minimum atomic E-state index is -2.93. The van der Waals surface area contributed by atoms with Crippen LogP contribution in [-0.2, 0) is 20.3 Å². The Morgan fingerprint density at radius 3 is 1.21 bits per heavy atom. The molecule has 53 heavy (non-hydrogen) atoms. The molecule has 2 aliphatic carbocycles. The molecule has 1 fully saturated rings. The van der Waals surface area contributed by atoms with E-state index in [-0.39, 0.29) is 24.8 Å². The average molecular weight is 813 g/mol. The minimum Gasteiger partial charge on any atom is -1.00 e. The van der Waals surface area contributed by atoms with Crippen molar-refractivity contribution in [3.8, 4) is 22.3 Å². The van der Waals surface area contributed by atoms with Crippen molar-refractivity contribution in [3.63, 3.8) is 0 Å². The van der Waals surface area contributed by atoms with Crippen LogP contribution >= 0.6 is 0 Å². The molecule has 0 aromatic heterocycles. The van der Waals surface area contributed by atoms with Crippen LogP contribution in [0.5, 0.6) is 0 Å². The molecule has 0 saturated carbocycles. The Labute approximate surface area is 334 Å². The minimum absolute atomic E-state index is 0. The van der Waals surface area contributed by atoms with E-state index >= 15 is 0 Å². The third-order valence-electron chi connectivity index (χ3n) is 13.8. The van der Waals surface area contributed by atoms with Crippen LogP contribution in [0.2, 0.25) is 8.26 Å². The second kappa shape index (κ2) is 14.1. The van der Waals surface area contributed by atoms with Gasteiger partial charge in [-0.05, 0) is 0 Å². The van der Waals surface area contributed by atoms with Gasteiger partial charge in [0.1, 0.15) is 0 Å². The number of hydrogen-bond acceptors (Lipinski definition) is 0. The van der Waals surface area contributed by atoms with Crippen LogP contribution in [0.3, 0.4) is 0 Å². The quantitative estimate of drug-likeness (QED) is 0.158. The molecule has 3 heteroatoms. The molecule has 2 unspecified atom stereocenters. The Kier molecular flexibility index (Phi) is 10.2. The SMILES string of the molecule is CCC1=Cc2c(-c3ccc4ccccc4c3)c(C)c(C)c(C)c2[CH]1[Zr+2]1([CH]2C(CC)=Cc3c(-c4ccc5ccccc5c4)c(C)c(C)c(C)c32)[CH2][CH2]1.[Cl-].[Cl-]. The molecule has 1 heterocycles. The molecular weight excluding hydrogens is 763 g/mol. The third-order valence-corrected chi connectivity index (χ3v) is 26.7. The molecule has 1 aliphatic heterocycles. The van der Waals surface area contributed by atoms with E-state index in [2.05, 4.69) is 152 Å². The zero-order valence-corrected chi connectivity index (χ0v) is 36.4. The maximum absolute atomic E-state index is 2.93. The first kappa shape index (κ1) is 38.1. The van der Waals surface area contributed by atoms with Crippen molar-refractivity contribution < 1.29 is 45.1 Å². The van der Waals surface area contributed by atoms with E-state index < -0.39 is 20.3 Å². The van der Waals surface area contributed by atoms with Crippen LogP contribution in [-0.4, -0.2) is 0 Å². The van der Waals surface area contributed by atoms with E-state index in [4.69, 9.17) is 0 Å². The molecule has 0 amide bonds. The molecule has 1 saturated heterocycles. The van der Waals surface area contributed by atoms with E-state index in [9.17, 15) is 0 Å². The molecule has 268 valence electrons. The van der Waals surface area contributed by atoms with Crippen LogP contribution < -0.4 is 24.8 Å². The fraction of sp³-hybridized carbons (Fsp3) is 0.280. The fourth-order valence-corrected chi connectivity index (χ4v) is 28.9. The first-order chi connectivity index (χ1) is 24.7. The molecule has 3 aliphatic rings. The standard InChI is InChI=1S/2C24H23.C2H4.2ClH.Zr/c2*1-5-18-12-22-16(3)15(2)17(4)24(23(22)13-18)21-11-10-19-8-6-7-9-20(19)14-21;1-2;;;/h2*6-14H,5H2,1-4H3;1-2H2;2*1H;/q;;;;;+2/p-2. The molecule has 0 bridgehead atoms. The van der Waals surface area contributed by atoms with Gasteiger partial charge in [0.05, 0.1) is 0 Å². The zero-order valence-electron chi connectivity index (χ0n) is 32.5.